The van der Waals surface area contributed by atoms with E-state index in [2.05, 4.69) is 15.6 Å². The molecule has 1 aromatic carbocycles. The Morgan fingerprint density at radius 2 is 1.76 bits per heavy atom. The fourth-order valence-corrected chi connectivity index (χ4v) is 3.40. The third kappa shape index (κ3) is 5.40. The lowest BCUT2D eigenvalue weighted by molar-refractivity contribution is -0.144. The number of aromatic nitrogens is 1. The topological polar surface area (TPSA) is 154 Å². The van der Waals surface area contributed by atoms with Gasteiger partial charge in [-0.05, 0) is 26.0 Å². The Hall–Kier alpha value is -4.09. The van der Waals surface area contributed by atoms with Gasteiger partial charge in [-0.15, -0.1) is 0 Å². The van der Waals surface area contributed by atoms with Crippen molar-refractivity contribution < 1.29 is 33.4 Å². The number of piperazine rings is 1. The van der Waals surface area contributed by atoms with Crippen LogP contribution in [0.2, 0.25) is 0 Å². The number of methoxy groups -OCH3 is 1. The second-order valence-electron chi connectivity index (χ2n) is 7.88. The Morgan fingerprint density at radius 1 is 1.09 bits per heavy atom. The van der Waals surface area contributed by atoms with Crippen LogP contribution in [0.3, 0.4) is 0 Å². The summed E-state index contributed by atoms with van der Waals surface area (Å²) < 4.78 is 10.6. The minimum Gasteiger partial charge on any atom is -0.496 e. The molecule has 3 N–H and O–H groups in total. The van der Waals surface area contributed by atoms with Crippen LogP contribution in [0.5, 0.6) is 5.75 Å². The van der Waals surface area contributed by atoms with Crippen molar-refractivity contribution in [3.8, 4) is 17.1 Å². The van der Waals surface area contributed by atoms with Crippen LogP contribution in [0.15, 0.2) is 35.2 Å². The molecule has 12 heteroatoms. The zero-order valence-corrected chi connectivity index (χ0v) is 18.5. The number of anilines is 1. The lowest BCUT2D eigenvalue weighted by Crippen LogP contribution is -2.61. The van der Waals surface area contributed by atoms with Crippen LogP contribution < -0.4 is 15.4 Å². The first-order valence-electron chi connectivity index (χ1n) is 10.1. The van der Waals surface area contributed by atoms with E-state index in [1.165, 1.54) is 49.4 Å². The zero-order chi connectivity index (χ0) is 24.2. The highest BCUT2D eigenvalue weighted by Crippen LogP contribution is 2.32. The lowest BCUT2D eigenvalue weighted by atomic mass is 10.0. The summed E-state index contributed by atoms with van der Waals surface area (Å²) in [6.45, 7) is 3.73. The average Bonchev–Trinajstić information content (AvgIpc) is 3.32. The molecule has 2 aromatic rings. The largest absolute Gasteiger partial charge is 0.496 e. The second kappa shape index (κ2) is 9.59. The van der Waals surface area contributed by atoms with Gasteiger partial charge >= 0.3 is 17.9 Å². The average molecular weight is 459 g/mol. The standard InChI is InChI=1S/C21H25N5O7/c1-21(2,19(29)25-6-8-26(9-7-25)20(30)31)24-18(28)17(27)23-13-4-5-14(15(10-13)32-3)16-11-22-12-33-16/h4-5,10-12H,6-9H2,1-3H3,(H,23,27)(H,24,28)(H,30,31). The maximum Gasteiger partial charge on any atom is 0.407 e. The molecule has 0 unspecified atom stereocenters. The molecular weight excluding hydrogens is 434 g/mol. The molecule has 1 aromatic heterocycles. The minimum absolute atomic E-state index is 0.178. The van der Waals surface area contributed by atoms with Crippen molar-refractivity contribution in [1.29, 1.82) is 0 Å². The first-order valence-corrected chi connectivity index (χ1v) is 10.1. The van der Waals surface area contributed by atoms with Crippen molar-refractivity contribution >= 4 is 29.5 Å². The summed E-state index contributed by atoms with van der Waals surface area (Å²) in [7, 11) is 1.46. The molecule has 1 aliphatic heterocycles. The van der Waals surface area contributed by atoms with Gasteiger partial charge in [-0.2, -0.15) is 0 Å². The van der Waals surface area contributed by atoms with Crippen molar-refractivity contribution in [3.05, 3.63) is 30.8 Å². The number of nitrogens with one attached hydrogen (secondary N) is 2. The van der Waals surface area contributed by atoms with Crippen LogP contribution in [0, 0.1) is 0 Å². The van der Waals surface area contributed by atoms with Gasteiger partial charge in [0.1, 0.15) is 11.3 Å². The molecule has 12 nitrogen and oxygen atoms in total. The van der Waals surface area contributed by atoms with Crippen LogP contribution in [0.25, 0.3) is 11.3 Å². The number of ether oxygens (including phenoxy) is 1. The fourth-order valence-electron chi connectivity index (χ4n) is 3.40. The van der Waals surface area contributed by atoms with Crippen molar-refractivity contribution in [3.63, 3.8) is 0 Å². The highest BCUT2D eigenvalue weighted by atomic mass is 16.5. The molecule has 1 aliphatic rings. The number of rotatable bonds is 5. The molecule has 3 rings (SSSR count). The summed E-state index contributed by atoms with van der Waals surface area (Å²) in [4.78, 5) is 55.3. The number of carbonyl (C=O) groups is 4. The van der Waals surface area contributed by atoms with E-state index in [1.807, 2.05) is 0 Å². The van der Waals surface area contributed by atoms with E-state index in [0.717, 1.165) is 0 Å². The molecule has 4 amide bonds. The van der Waals surface area contributed by atoms with E-state index in [-0.39, 0.29) is 26.2 Å². The molecule has 0 aliphatic carbocycles. The number of hydrogen-bond acceptors (Lipinski definition) is 7. The summed E-state index contributed by atoms with van der Waals surface area (Å²) in [5.41, 5.74) is -0.440. The number of nitrogens with zero attached hydrogens (tertiary/aromatic N) is 3. The molecule has 0 saturated carbocycles. The zero-order valence-electron chi connectivity index (χ0n) is 18.5. The predicted octanol–water partition coefficient (Wildman–Crippen LogP) is 1.01. The first kappa shape index (κ1) is 23.6. The maximum atomic E-state index is 12.8. The minimum atomic E-state index is -1.37. The fraction of sp³-hybridized carbons (Fsp3) is 0.381. The number of carboxylic acid groups (broad SMARTS) is 1. The molecule has 0 atom stereocenters. The van der Waals surface area contributed by atoms with Gasteiger partial charge in [0.05, 0.1) is 18.9 Å². The van der Waals surface area contributed by atoms with E-state index in [0.29, 0.717) is 22.8 Å². The third-order valence-corrected chi connectivity index (χ3v) is 5.16. The van der Waals surface area contributed by atoms with Gasteiger partial charge in [0.15, 0.2) is 12.2 Å². The molecule has 0 spiro atoms. The Labute approximate surface area is 189 Å². The van der Waals surface area contributed by atoms with Crippen molar-refractivity contribution in [1.82, 2.24) is 20.1 Å². The van der Waals surface area contributed by atoms with Crippen molar-refractivity contribution in [2.45, 2.75) is 19.4 Å². The number of benzene rings is 1. The predicted molar refractivity (Wildman–Crippen MR) is 116 cm³/mol. The van der Waals surface area contributed by atoms with Gasteiger partial charge in [0.25, 0.3) is 0 Å². The number of oxazole rings is 1. The van der Waals surface area contributed by atoms with Gasteiger partial charge in [-0.3, -0.25) is 14.4 Å². The Morgan fingerprint density at radius 3 is 2.33 bits per heavy atom. The highest BCUT2D eigenvalue weighted by molar-refractivity contribution is 6.40. The highest BCUT2D eigenvalue weighted by Gasteiger charge is 2.36. The van der Waals surface area contributed by atoms with Gasteiger partial charge in [-0.1, -0.05) is 0 Å². The van der Waals surface area contributed by atoms with Crippen LogP contribution in [-0.4, -0.2) is 82.5 Å². The molecule has 0 radical (unpaired) electrons. The summed E-state index contributed by atoms with van der Waals surface area (Å²) in [6, 6.07) is 4.75. The van der Waals surface area contributed by atoms with Crippen molar-refractivity contribution in [2.75, 3.05) is 38.6 Å². The maximum absolute atomic E-state index is 12.8. The van der Waals surface area contributed by atoms with E-state index < -0.39 is 29.4 Å². The second-order valence-corrected chi connectivity index (χ2v) is 7.88. The van der Waals surface area contributed by atoms with Crippen LogP contribution in [0.4, 0.5) is 10.5 Å². The van der Waals surface area contributed by atoms with Crippen molar-refractivity contribution in [2.24, 2.45) is 0 Å². The Balaban J connectivity index is 1.61. The quantitative estimate of drug-likeness (QED) is 0.560. The first-order chi connectivity index (χ1) is 15.6. The molecule has 176 valence electrons. The molecule has 2 heterocycles. The smallest absolute Gasteiger partial charge is 0.407 e. The monoisotopic (exact) mass is 459 g/mol. The normalized spacial score (nSPS) is 13.9. The molecule has 33 heavy (non-hydrogen) atoms. The van der Waals surface area contributed by atoms with Gasteiger partial charge < -0.3 is 34.7 Å². The number of amides is 4. The van der Waals surface area contributed by atoms with Crippen LogP contribution in [-0.2, 0) is 14.4 Å². The molecular formula is C21H25N5O7. The van der Waals surface area contributed by atoms with E-state index in [9.17, 15) is 19.2 Å². The Bertz CT molecular complexity index is 1040. The molecule has 0 bridgehead atoms. The third-order valence-electron chi connectivity index (χ3n) is 5.16. The lowest BCUT2D eigenvalue weighted by Gasteiger charge is -2.37. The summed E-state index contributed by atoms with van der Waals surface area (Å²) in [5, 5.41) is 13.9. The van der Waals surface area contributed by atoms with Crippen LogP contribution >= 0.6 is 0 Å². The summed E-state index contributed by atoms with van der Waals surface area (Å²) in [6.07, 6.45) is 1.76. The summed E-state index contributed by atoms with van der Waals surface area (Å²) in [5.74, 6) is -1.48. The van der Waals surface area contributed by atoms with E-state index >= 15 is 0 Å². The summed E-state index contributed by atoms with van der Waals surface area (Å²) >= 11 is 0. The Kier molecular flexibility index (Phi) is 6.85. The van der Waals surface area contributed by atoms with Gasteiger partial charge in [-0.25, -0.2) is 9.78 Å². The van der Waals surface area contributed by atoms with E-state index in [1.54, 1.807) is 12.1 Å². The molecule has 1 fully saturated rings. The van der Waals surface area contributed by atoms with Gasteiger partial charge in [0, 0.05) is 37.9 Å². The molecule has 1 saturated heterocycles. The van der Waals surface area contributed by atoms with E-state index in [4.69, 9.17) is 14.3 Å². The van der Waals surface area contributed by atoms with Gasteiger partial charge in [0.2, 0.25) is 5.91 Å². The number of hydrogen-bond donors (Lipinski definition) is 3. The number of carbonyl (C=O) groups excluding carboxylic acids is 3. The SMILES string of the molecule is COc1cc(NC(=O)C(=O)NC(C)(C)C(=O)N2CCN(C(=O)O)CC2)ccc1-c1cnco1. The van der Waals surface area contributed by atoms with Crippen LogP contribution in [0.1, 0.15) is 13.8 Å².